The third-order valence-electron chi connectivity index (χ3n) is 2.29. The van der Waals surface area contributed by atoms with Gasteiger partial charge in [0.2, 0.25) is 0 Å². The van der Waals surface area contributed by atoms with Crippen molar-refractivity contribution in [2.75, 3.05) is 11.5 Å². The van der Waals surface area contributed by atoms with E-state index < -0.39 is 5.97 Å². The number of carbonyl (C=O) groups is 1. The molecule has 0 bridgehead atoms. The first kappa shape index (κ1) is 13.7. The maximum atomic E-state index is 10.6. The van der Waals surface area contributed by atoms with E-state index in [0.717, 1.165) is 4.90 Å². The van der Waals surface area contributed by atoms with Crippen LogP contribution in [0.4, 0.5) is 5.69 Å². The van der Waals surface area contributed by atoms with Gasteiger partial charge in [0.05, 0.1) is 17.8 Å². The minimum Gasteiger partial charge on any atom is -0.476 e. The largest absolute Gasteiger partial charge is 0.476 e. The summed E-state index contributed by atoms with van der Waals surface area (Å²) in [6.07, 6.45) is 1.39. The maximum absolute atomic E-state index is 10.6. The second-order valence-corrected chi connectivity index (χ2v) is 5.25. The number of aryl methyl sites for hydroxylation is 1. The number of nitrogens with zero attached hydrogens (tertiary/aromatic N) is 3. The Kier molecular flexibility index (Phi) is 4.28. The van der Waals surface area contributed by atoms with Gasteiger partial charge in [-0.3, -0.25) is 4.68 Å². The Hall–Kier alpha value is -1.73. The minimum absolute atomic E-state index is 0.0630. The molecule has 0 aliphatic rings. The lowest BCUT2D eigenvalue weighted by molar-refractivity contribution is 0.0690. The zero-order chi connectivity index (χ0) is 13.8. The van der Waals surface area contributed by atoms with Gasteiger partial charge < -0.3 is 10.8 Å². The van der Waals surface area contributed by atoms with Crippen LogP contribution in [0.3, 0.4) is 0 Å². The molecule has 0 saturated carbocycles. The molecule has 0 amide bonds. The summed E-state index contributed by atoms with van der Waals surface area (Å²) in [5.74, 6) is -0.399. The zero-order valence-electron chi connectivity index (χ0n) is 9.78. The fourth-order valence-electron chi connectivity index (χ4n) is 1.39. The number of rotatable bonds is 5. The van der Waals surface area contributed by atoms with Crippen molar-refractivity contribution in [3.8, 4) is 0 Å². The van der Waals surface area contributed by atoms with E-state index in [1.165, 1.54) is 22.6 Å². The highest BCUT2D eigenvalue weighted by atomic mass is 35.5. The Morgan fingerprint density at radius 2 is 2.32 bits per heavy atom. The highest BCUT2D eigenvalue weighted by molar-refractivity contribution is 7.99. The molecular formula is C11H11ClN4O2S. The fourth-order valence-corrected chi connectivity index (χ4v) is 2.59. The fraction of sp³-hybridized carbons (Fsp3) is 0.182. The van der Waals surface area contributed by atoms with Crippen LogP contribution in [0, 0.1) is 0 Å². The van der Waals surface area contributed by atoms with E-state index in [1.807, 2.05) is 0 Å². The average Bonchev–Trinajstić information content (AvgIpc) is 2.82. The monoisotopic (exact) mass is 298 g/mol. The molecule has 0 aliphatic heterocycles. The van der Waals surface area contributed by atoms with Crippen LogP contribution in [0.1, 0.15) is 10.5 Å². The molecule has 0 spiro atoms. The molecule has 2 rings (SSSR count). The molecule has 1 aromatic heterocycles. The number of aromatic nitrogens is 3. The van der Waals surface area contributed by atoms with Gasteiger partial charge in [-0.2, -0.15) is 0 Å². The number of aromatic carboxylic acids is 1. The Morgan fingerprint density at radius 1 is 1.53 bits per heavy atom. The number of hydrogen-bond donors (Lipinski definition) is 2. The molecule has 0 atom stereocenters. The van der Waals surface area contributed by atoms with Crippen LogP contribution in [0.25, 0.3) is 0 Å². The quantitative estimate of drug-likeness (QED) is 0.648. The van der Waals surface area contributed by atoms with Crippen LogP contribution >= 0.6 is 23.4 Å². The lowest BCUT2D eigenvalue weighted by atomic mass is 10.3. The summed E-state index contributed by atoms with van der Waals surface area (Å²) in [6.45, 7) is 0.538. The third-order valence-corrected chi connectivity index (χ3v) is 3.77. The summed E-state index contributed by atoms with van der Waals surface area (Å²) in [4.78, 5) is 11.5. The molecule has 1 aromatic carbocycles. The summed E-state index contributed by atoms with van der Waals surface area (Å²) >= 11 is 7.56. The maximum Gasteiger partial charge on any atom is 0.358 e. The number of benzene rings is 1. The van der Waals surface area contributed by atoms with Gasteiger partial charge >= 0.3 is 5.97 Å². The summed E-state index contributed by atoms with van der Waals surface area (Å²) in [7, 11) is 0. The molecule has 1 heterocycles. The molecule has 0 radical (unpaired) electrons. The van der Waals surface area contributed by atoms with Gasteiger partial charge in [0.25, 0.3) is 0 Å². The van der Waals surface area contributed by atoms with Gasteiger partial charge in [0.15, 0.2) is 5.69 Å². The molecule has 2 aromatic rings. The van der Waals surface area contributed by atoms with Crippen LogP contribution in [-0.4, -0.2) is 31.8 Å². The number of anilines is 1. The molecule has 0 aliphatic carbocycles. The van der Waals surface area contributed by atoms with Crippen molar-refractivity contribution < 1.29 is 9.90 Å². The predicted octanol–water partition coefficient (Wildman–Crippen LogP) is 2.00. The number of nitrogen functional groups attached to an aromatic ring is 1. The van der Waals surface area contributed by atoms with E-state index in [0.29, 0.717) is 23.0 Å². The van der Waals surface area contributed by atoms with Crippen molar-refractivity contribution in [3.63, 3.8) is 0 Å². The molecule has 3 N–H and O–H groups in total. The number of carboxylic acids is 1. The van der Waals surface area contributed by atoms with Gasteiger partial charge in [-0.25, -0.2) is 4.79 Å². The van der Waals surface area contributed by atoms with Crippen LogP contribution in [0.5, 0.6) is 0 Å². The zero-order valence-corrected chi connectivity index (χ0v) is 11.4. The van der Waals surface area contributed by atoms with E-state index in [1.54, 1.807) is 18.2 Å². The van der Waals surface area contributed by atoms with Gasteiger partial charge in [0, 0.05) is 16.3 Å². The third kappa shape index (κ3) is 3.62. The van der Waals surface area contributed by atoms with Crippen molar-refractivity contribution in [2.45, 2.75) is 11.4 Å². The van der Waals surface area contributed by atoms with Crippen LogP contribution in [-0.2, 0) is 6.54 Å². The van der Waals surface area contributed by atoms with Crippen molar-refractivity contribution in [2.24, 2.45) is 0 Å². The van der Waals surface area contributed by atoms with Gasteiger partial charge in [-0.05, 0) is 18.2 Å². The average molecular weight is 299 g/mol. The lowest BCUT2D eigenvalue weighted by Gasteiger charge is -2.05. The molecule has 0 saturated heterocycles. The number of thioether (sulfide) groups is 1. The van der Waals surface area contributed by atoms with E-state index in [2.05, 4.69) is 10.3 Å². The Bertz CT molecular complexity index is 602. The molecule has 19 heavy (non-hydrogen) atoms. The molecule has 0 unspecified atom stereocenters. The number of halogens is 1. The summed E-state index contributed by atoms with van der Waals surface area (Å²) in [5.41, 5.74) is 6.27. The number of hydrogen-bond acceptors (Lipinski definition) is 5. The van der Waals surface area contributed by atoms with Crippen molar-refractivity contribution in [1.29, 1.82) is 0 Å². The lowest BCUT2D eigenvalue weighted by Crippen LogP contribution is -2.01. The first-order chi connectivity index (χ1) is 9.06. The second kappa shape index (κ2) is 5.94. The predicted molar refractivity (Wildman–Crippen MR) is 73.6 cm³/mol. The number of nitrogens with two attached hydrogens (primary N) is 1. The van der Waals surface area contributed by atoms with Crippen molar-refractivity contribution >= 4 is 35.0 Å². The summed E-state index contributed by atoms with van der Waals surface area (Å²) in [5, 5.41) is 16.6. The molecule has 0 fully saturated rings. The molecular weight excluding hydrogens is 288 g/mol. The van der Waals surface area contributed by atoms with Gasteiger partial charge in [-0.15, -0.1) is 16.9 Å². The van der Waals surface area contributed by atoms with E-state index >= 15 is 0 Å². The summed E-state index contributed by atoms with van der Waals surface area (Å²) < 4.78 is 1.48. The van der Waals surface area contributed by atoms with Gasteiger partial charge in [-0.1, -0.05) is 16.8 Å². The van der Waals surface area contributed by atoms with E-state index in [4.69, 9.17) is 22.4 Å². The van der Waals surface area contributed by atoms with Crippen LogP contribution in [0.15, 0.2) is 29.3 Å². The minimum atomic E-state index is -1.09. The second-order valence-electron chi connectivity index (χ2n) is 3.71. The summed E-state index contributed by atoms with van der Waals surface area (Å²) in [6, 6.07) is 5.29. The topological polar surface area (TPSA) is 94.0 Å². The smallest absolute Gasteiger partial charge is 0.358 e. The van der Waals surface area contributed by atoms with Crippen LogP contribution < -0.4 is 5.73 Å². The first-order valence-electron chi connectivity index (χ1n) is 5.37. The highest BCUT2D eigenvalue weighted by Gasteiger charge is 2.08. The normalized spacial score (nSPS) is 10.6. The molecule has 8 heteroatoms. The Labute approximate surface area is 118 Å². The van der Waals surface area contributed by atoms with Crippen LogP contribution in [0.2, 0.25) is 5.02 Å². The molecule has 6 nitrogen and oxygen atoms in total. The van der Waals surface area contributed by atoms with Crippen molar-refractivity contribution in [3.05, 3.63) is 35.1 Å². The first-order valence-corrected chi connectivity index (χ1v) is 6.74. The Morgan fingerprint density at radius 3 is 3.00 bits per heavy atom. The van der Waals surface area contributed by atoms with E-state index in [9.17, 15) is 4.79 Å². The molecule has 100 valence electrons. The van der Waals surface area contributed by atoms with E-state index in [-0.39, 0.29) is 5.69 Å². The van der Waals surface area contributed by atoms with Crippen molar-refractivity contribution in [1.82, 2.24) is 15.0 Å². The Balaban J connectivity index is 1.92. The number of carboxylic acid groups (broad SMARTS) is 1. The highest BCUT2D eigenvalue weighted by Crippen LogP contribution is 2.28. The SMILES string of the molecule is Nc1ccc(Cl)c(SCCn2cc(C(=O)O)nn2)c1. The van der Waals surface area contributed by atoms with Gasteiger partial charge in [0.1, 0.15) is 0 Å². The standard InChI is InChI=1S/C11H11ClN4O2S/c12-8-2-1-7(13)5-10(8)19-4-3-16-6-9(11(17)18)14-15-16/h1-2,5-6H,3-4,13H2,(H,17,18).